The highest BCUT2D eigenvalue weighted by atomic mass is 32.2. The van der Waals surface area contributed by atoms with Gasteiger partial charge in [-0.1, -0.05) is 0 Å². The van der Waals surface area contributed by atoms with Gasteiger partial charge in [0.15, 0.2) is 0 Å². The predicted octanol–water partition coefficient (Wildman–Crippen LogP) is 1.85. The number of hydrogen-bond acceptors (Lipinski definition) is 4. The topological polar surface area (TPSA) is 69.6 Å². The van der Waals surface area contributed by atoms with E-state index in [2.05, 4.69) is 10.7 Å². The van der Waals surface area contributed by atoms with Crippen LogP contribution in [0.2, 0.25) is 0 Å². The second kappa shape index (κ2) is 6.29. The molecule has 0 aliphatic carbocycles. The number of thiophene rings is 1. The van der Waals surface area contributed by atoms with E-state index in [1.165, 1.54) is 22.2 Å². The molecule has 1 saturated heterocycles. The van der Waals surface area contributed by atoms with Crippen LogP contribution in [0.3, 0.4) is 0 Å². The fraction of sp³-hybridized carbons (Fsp3) is 0.500. The SMILES string of the molecule is CC(Cc1ccsc1)NC(=O)N1CSCC1C(=O)O. The van der Waals surface area contributed by atoms with Crippen molar-refractivity contribution in [1.29, 1.82) is 0 Å². The first-order valence-corrected chi connectivity index (χ1v) is 8.06. The lowest BCUT2D eigenvalue weighted by atomic mass is 10.1. The van der Waals surface area contributed by atoms with E-state index in [1.54, 1.807) is 11.3 Å². The van der Waals surface area contributed by atoms with Crippen molar-refractivity contribution < 1.29 is 14.7 Å². The van der Waals surface area contributed by atoms with Crippen molar-refractivity contribution in [3.8, 4) is 0 Å². The number of nitrogens with one attached hydrogen (secondary N) is 1. The maximum Gasteiger partial charge on any atom is 0.327 e. The molecule has 2 atom stereocenters. The lowest BCUT2D eigenvalue weighted by Crippen LogP contribution is -2.49. The van der Waals surface area contributed by atoms with E-state index in [4.69, 9.17) is 5.11 Å². The maximum absolute atomic E-state index is 12.0. The molecule has 19 heavy (non-hydrogen) atoms. The summed E-state index contributed by atoms with van der Waals surface area (Å²) in [6.07, 6.45) is 0.758. The van der Waals surface area contributed by atoms with Crippen LogP contribution in [0.15, 0.2) is 16.8 Å². The average Bonchev–Trinajstić information content (AvgIpc) is 2.97. The largest absolute Gasteiger partial charge is 0.480 e. The van der Waals surface area contributed by atoms with E-state index in [9.17, 15) is 9.59 Å². The Morgan fingerprint density at radius 2 is 2.42 bits per heavy atom. The van der Waals surface area contributed by atoms with Crippen molar-refractivity contribution in [2.75, 3.05) is 11.6 Å². The molecule has 1 aromatic heterocycles. The minimum absolute atomic E-state index is 0.0119. The number of hydrogen-bond donors (Lipinski definition) is 2. The molecule has 0 bridgehead atoms. The summed E-state index contributed by atoms with van der Waals surface area (Å²) in [6.45, 7) is 1.93. The van der Waals surface area contributed by atoms with Crippen molar-refractivity contribution in [3.63, 3.8) is 0 Å². The third-order valence-electron chi connectivity index (χ3n) is 2.92. The van der Waals surface area contributed by atoms with Crippen LogP contribution in [0, 0.1) is 0 Å². The molecular weight excluding hydrogens is 284 g/mol. The van der Waals surface area contributed by atoms with Crippen LogP contribution < -0.4 is 5.32 Å². The number of rotatable bonds is 4. The van der Waals surface area contributed by atoms with Gasteiger partial charge in [-0.2, -0.15) is 11.3 Å². The third kappa shape index (κ3) is 3.63. The number of urea groups is 1. The van der Waals surface area contributed by atoms with Crippen LogP contribution >= 0.6 is 23.1 Å². The van der Waals surface area contributed by atoms with Gasteiger partial charge in [-0.25, -0.2) is 9.59 Å². The minimum atomic E-state index is -0.939. The zero-order valence-electron chi connectivity index (χ0n) is 10.5. The Bertz CT molecular complexity index is 450. The zero-order valence-corrected chi connectivity index (χ0v) is 12.2. The lowest BCUT2D eigenvalue weighted by Gasteiger charge is -2.23. The van der Waals surface area contributed by atoms with Crippen LogP contribution in [-0.4, -0.2) is 45.7 Å². The summed E-state index contributed by atoms with van der Waals surface area (Å²) in [5.41, 5.74) is 1.18. The van der Waals surface area contributed by atoms with Gasteiger partial charge in [-0.15, -0.1) is 11.8 Å². The van der Waals surface area contributed by atoms with Crippen molar-refractivity contribution in [1.82, 2.24) is 10.2 Å². The second-order valence-corrected chi connectivity index (χ2v) is 6.29. The van der Waals surface area contributed by atoms with E-state index in [0.717, 1.165) is 6.42 Å². The van der Waals surface area contributed by atoms with E-state index in [1.807, 2.05) is 18.4 Å². The molecule has 1 aliphatic rings. The predicted molar refractivity (Wildman–Crippen MR) is 76.6 cm³/mol. The quantitative estimate of drug-likeness (QED) is 0.890. The van der Waals surface area contributed by atoms with Gasteiger partial charge < -0.3 is 15.3 Å². The number of carboxylic acids is 1. The van der Waals surface area contributed by atoms with Gasteiger partial charge in [-0.05, 0) is 35.7 Å². The molecule has 1 aliphatic heterocycles. The summed E-state index contributed by atoms with van der Waals surface area (Å²) >= 11 is 3.09. The maximum atomic E-state index is 12.0. The Balaban J connectivity index is 1.88. The summed E-state index contributed by atoms with van der Waals surface area (Å²) in [5.74, 6) is -0.0408. The molecule has 2 amide bonds. The van der Waals surface area contributed by atoms with Crippen LogP contribution in [0.5, 0.6) is 0 Å². The molecule has 2 unspecified atom stereocenters. The molecule has 1 fully saturated rings. The van der Waals surface area contributed by atoms with E-state index >= 15 is 0 Å². The molecule has 2 N–H and O–H groups in total. The summed E-state index contributed by atoms with van der Waals surface area (Å²) in [4.78, 5) is 24.5. The molecule has 7 heteroatoms. The molecule has 0 spiro atoms. The number of aliphatic carboxylic acids is 1. The van der Waals surface area contributed by atoms with Crippen LogP contribution in [0.1, 0.15) is 12.5 Å². The van der Waals surface area contributed by atoms with E-state index in [-0.39, 0.29) is 12.1 Å². The summed E-state index contributed by atoms with van der Waals surface area (Å²) in [6, 6.07) is 1.01. The highest BCUT2D eigenvalue weighted by molar-refractivity contribution is 7.99. The van der Waals surface area contributed by atoms with Gasteiger partial charge in [0, 0.05) is 11.8 Å². The van der Waals surface area contributed by atoms with Crippen molar-refractivity contribution in [3.05, 3.63) is 22.4 Å². The fourth-order valence-corrected chi connectivity index (χ4v) is 3.78. The van der Waals surface area contributed by atoms with Crippen LogP contribution in [0.4, 0.5) is 4.79 Å². The number of nitrogens with zero attached hydrogens (tertiary/aromatic N) is 1. The van der Waals surface area contributed by atoms with Crippen molar-refractivity contribution in [2.24, 2.45) is 0 Å². The van der Waals surface area contributed by atoms with Crippen molar-refractivity contribution in [2.45, 2.75) is 25.4 Å². The van der Waals surface area contributed by atoms with Crippen molar-refractivity contribution >= 4 is 35.1 Å². The number of carbonyl (C=O) groups excluding carboxylic acids is 1. The van der Waals surface area contributed by atoms with Gasteiger partial charge in [-0.3, -0.25) is 0 Å². The number of carboxylic acid groups (broad SMARTS) is 1. The minimum Gasteiger partial charge on any atom is -0.480 e. The normalized spacial score (nSPS) is 20.3. The van der Waals surface area contributed by atoms with Gasteiger partial charge in [0.05, 0.1) is 5.88 Å². The second-order valence-electron chi connectivity index (χ2n) is 4.51. The van der Waals surface area contributed by atoms with Gasteiger partial charge in [0.25, 0.3) is 0 Å². The van der Waals surface area contributed by atoms with Crippen LogP contribution in [-0.2, 0) is 11.2 Å². The molecule has 0 aromatic carbocycles. The van der Waals surface area contributed by atoms with E-state index < -0.39 is 12.0 Å². The molecule has 2 heterocycles. The number of carbonyl (C=O) groups is 2. The first kappa shape index (κ1) is 14.2. The Morgan fingerprint density at radius 1 is 1.63 bits per heavy atom. The van der Waals surface area contributed by atoms with Crippen LogP contribution in [0.25, 0.3) is 0 Å². The average molecular weight is 300 g/mol. The van der Waals surface area contributed by atoms with E-state index in [0.29, 0.717) is 11.6 Å². The molecule has 104 valence electrons. The van der Waals surface area contributed by atoms with Gasteiger partial charge in [0.2, 0.25) is 0 Å². The fourth-order valence-electron chi connectivity index (χ4n) is 1.95. The molecule has 2 rings (SSSR count). The first-order valence-electron chi connectivity index (χ1n) is 5.96. The highest BCUT2D eigenvalue weighted by Crippen LogP contribution is 2.21. The van der Waals surface area contributed by atoms with Gasteiger partial charge in [0.1, 0.15) is 6.04 Å². The molecular formula is C12H16N2O3S2. The molecule has 1 aromatic rings. The number of thioether (sulfide) groups is 1. The summed E-state index contributed by atoms with van der Waals surface area (Å²) in [7, 11) is 0. The first-order chi connectivity index (χ1) is 9.08. The Hall–Kier alpha value is -1.21. The standard InChI is InChI=1S/C12H16N2O3S2/c1-8(4-9-2-3-18-5-9)13-12(17)14-7-19-6-10(14)11(15)16/h2-3,5,8,10H,4,6-7H2,1H3,(H,13,17)(H,15,16). The Morgan fingerprint density at radius 3 is 3.05 bits per heavy atom. The smallest absolute Gasteiger partial charge is 0.327 e. The Kier molecular flexibility index (Phi) is 4.71. The lowest BCUT2D eigenvalue weighted by molar-refractivity contribution is -0.140. The van der Waals surface area contributed by atoms with Gasteiger partial charge >= 0.3 is 12.0 Å². The monoisotopic (exact) mass is 300 g/mol. The Labute approximate surface area is 120 Å². The highest BCUT2D eigenvalue weighted by Gasteiger charge is 2.34. The molecule has 0 radical (unpaired) electrons. The molecule has 5 nitrogen and oxygen atoms in total. The molecule has 0 saturated carbocycles. The summed E-state index contributed by atoms with van der Waals surface area (Å²) in [5, 5.41) is 16.0. The zero-order chi connectivity index (χ0) is 13.8. The summed E-state index contributed by atoms with van der Waals surface area (Å²) < 4.78 is 0. The number of amides is 2. The third-order valence-corrected chi connectivity index (χ3v) is 4.66.